The monoisotopic (exact) mass is 558 g/mol. The highest BCUT2D eigenvalue weighted by molar-refractivity contribution is 6.51. The standard InChI is InChI=1S/C27H40Cl2N2O6/c1-25(2,3)16(12-19(33)37-26(4,5)6)24(36)31-13-17-20(27(17,28)29)21(31)18(32)11-15(22(34)23(30)35)10-14-8-7-9-14/h14-17,20-21H,7-13H2,1-6H3,(H2,30,35)/t15-,16+,17-,20-,21+/m0/s1. The highest BCUT2D eigenvalue weighted by Gasteiger charge is 2.73. The third-order valence-corrected chi connectivity index (χ3v) is 9.05. The molecule has 0 radical (unpaired) electrons. The smallest absolute Gasteiger partial charge is 0.307 e. The molecule has 3 fully saturated rings. The lowest BCUT2D eigenvalue weighted by Gasteiger charge is -2.37. The van der Waals surface area contributed by atoms with Gasteiger partial charge in [-0.1, -0.05) is 40.0 Å². The van der Waals surface area contributed by atoms with Crippen molar-refractivity contribution in [1.82, 2.24) is 4.90 Å². The largest absolute Gasteiger partial charge is 0.460 e. The van der Waals surface area contributed by atoms with Gasteiger partial charge in [-0.2, -0.15) is 0 Å². The molecule has 0 spiro atoms. The van der Waals surface area contributed by atoms with E-state index in [1.54, 1.807) is 20.8 Å². The highest BCUT2D eigenvalue weighted by Crippen LogP contribution is 2.66. The average Bonchev–Trinajstić information content (AvgIpc) is 3.06. The molecule has 10 heteroatoms. The number of piperidine rings is 1. The van der Waals surface area contributed by atoms with E-state index in [0.29, 0.717) is 6.42 Å². The van der Waals surface area contributed by atoms with E-state index < -0.39 is 56.8 Å². The van der Waals surface area contributed by atoms with Crippen molar-refractivity contribution < 1.29 is 28.7 Å². The zero-order valence-corrected chi connectivity index (χ0v) is 24.2. The Morgan fingerprint density at radius 2 is 1.62 bits per heavy atom. The predicted molar refractivity (Wildman–Crippen MR) is 140 cm³/mol. The van der Waals surface area contributed by atoms with Crippen molar-refractivity contribution in [2.45, 2.75) is 96.0 Å². The summed E-state index contributed by atoms with van der Waals surface area (Å²) in [6.45, 7) is 11.1. The summed E-state index contributed by atoms with van der Waals surface area (Å²) in [5.41, 5.74) is 3.99. The van der Waals surface area contributed by atoms with E-state index in [1.807, 2.05) is 20.8 Å². The van der Waals surface area contributed by atoms with Crippen LogP contribution in [0.5, 0.6) is 0 Å². The lowest BCUT2D eigenvalue weighted by Crippen LogP contribution is -2.51. The number of hydrogen-bond acceptors (Lipinski definition) is 6. The lowest BCUT2D eigenvalue weighted by atomic mass is 9.75. The second-order valence-corrected chi connectivity index (χ2v) is 14.5. The maximum absolute atomic E-state index is 13.9. The molecule has 3 rings (SSSR count). The molecule has 2 N–H and O–H groups in total. The van der Waals surface area contributed by atoms with Gasteiger partial charge in [-0.15, -0.1) is 23.2 Å². The number of carbonyl (C=O) groups is 5. The van der Waals surface area contributed by atoms with Gasteiger partial charge >= 0.3 is 5.97 Å². The van der Waals surface area contributed by atoms with E-state index >= 15 is 0 Å². The normalized spacial score (nSPS) is 26.5. The van der Waals surface area contributed by atoms with Crippen LogP contribution in [0.4, 0.5) is 0 Å². The second-order valence-electron chi connectivity index (χ2n) is 13.1. The molecular formula is C27H40Cl2N2O6. The molecule has 2 aliphatic carbocycles. The first-order chi connectivity index (χ1) is 16.8. The average molecular weight is 560 g/mol. The number of ether oxygens (including phenoxy) is 1. The van der Waals surface area contributed by atoms with Gasteiger partial charge in [0.15, 0.2) is 5.78 Å². The summed E-state index contributed by atoms with van der Waals surface area (Å²) >= 11 is 12.9. The summed E-state index contributed by atoms with van der Waals surface area (Å²) in [7, 11) is 0. The molecule has 1 aliphatic heterocycles. The number of ketones is 2. The van der Waals surface area contributed by atoms with Gasteiger partial charge in [-0.25, -0.2) is 0 Å². The number of nitrogens with two attached hydrogens (primary N) is 1. The molecule has 2 saturated carbocycles. The van der Waals surface area contributed by atoms with E-state index in [1.165, 1.54) is 4.90 Å². The Kier molecular flexibility index (Phi) is 8.46. The fraction of sp³-hybridized carbons (Fsp3) is 0.815. The van der Waals surface area contributed by atoms with Crippen molar-refractivity contribution in [2.24, 2.45) is 40.7 Å². The van der Waals surface area contributed by atoms with E-state index in [2.05, 4.69) is 0 Å². The number of rotatable bonds is 10. The van der Waals surface area contributed by atoms with Crippen LogP contribution in [0.25, 0.3) is 0 Å². The van der Waals surface area contributed by atoms with Crippen molar-refractivity contribution in [3.05, 3.63) is 0 Å². The SMILES string of the molecule is CC(C)(C)OC(=O)C[C@H](C(=O)N1C[C@H]2[C@@H]([C@H]1C(=O)C[C@H](CC1CCC1)C(=O)C(N)=O)C2(Cl)Cl)C(C)(C)C. The molecule has 1 saturated heterocycles. The van der Waals surface area contributed by atoms with Crippen molar-refractivity contribution in [3.63, 3.8) is 0 Å². The van der Waals surface area contributed by atoms with Gasteiger partial charge in [-0.05, 0) is 38.5 Å². The minimum atomic E-state index is -1.14. The number of amides is 2. The van der Waals surface area contributed by atoms with Crippen molar-refractivity contribution in [2.75, 3.05) is 6.54 Å². The maximum Gasteiger partial charge on any atom is 0.307 e. The number of primary amides is 1. The van der Waals surface area contributed by atoms with Crippen LogP contribution < -0.4 is 5.73 Å². The quantitative estimate of drug-likeness (QED) is 0.247. The molecular weight excluding hydrogens is 519 g/mol. The predicted octanol–water partition coefficient (Wildman–Crippen LogP) is 3.83. The number of likely N-dealkylation sites (tertiary alicyclic amines) is 1. The summed E-state index contributed by atoms with van der Waals surface area (Å²) < 4.78 is 4.33. The minimum absolute atomic E-state index is 0.135. The Bertz CT molecular complexity index is 963. The third-order valence-electron chi connectivity index (χ3n) is 7.98. The van der Waals surface area contributed by atoms with E-state index in [0.717, 1.165) is 19.3 Å². The fourth-order valence-electron chi connectivity index (χ4n) is 5.70. The number of alkyl halides is 2. The number of esters is 1. The van der Waals surface area contributed by atoms with Crippen molar-refractivity contribution in [3.8, 4) is 0 Å². The Morgan fingerprint density at radius 1 is 1.03 bits per heavy atom. The Balaban J connectivity index is 1.83. The number of carbonyl (C=O) groups excluding carboxylic acids is 5. The zero-order chi connectivity index (χ0) is 28.1. The van der Waals surface area contributed by atoms with Crippen LogP contribution >= 0.6 is 23.2 Å². The molecule has 1 heterocycles. The molecule has 0 aromatic carbocycles. The highest BCUT2D eigenvalue weighted by atomic mass is 35.5. The van der Waals surface area contributed by atoms with Crippen LogP contribution in [0, 0.1) is 35.0 Å². The van der Waals surface area contributed by atoms with E-state index in [4.69, 9.17) is 33.7 Å². The van der Waals surface area contributed by atoms with Crippen LogP contribution in [-0.4, -0.2) is 56.8 Å². The Labute approximate surface area is 229 Å². The second kappa shape index (κ2) is 10.5. The Hall–Kier alpha value is -1.67. The number of hydrogen-bond donors (Lipinski definition) is 1. The maximum atomic E-state index is 13.9. The number of Topliss-reactive ketones (excluding diaryl/α,β-unsaturated/α-hetero) is 2. The topological polar surface area (TPSA) is 124 Å². The fourth-order valence-corrected chi connectivity index (χ4v) is 6.52. The van der Waals surface area contributed by atoms with Gasteiger partial charge in [-0.3, -0.25) is 24.0 Å². The summed E-state index contributed by atoms with van der Waals surface area (Å²) in [4.78, 5) is 66.0. The van der Waals surface area contributed by atoms with Crippen LogP contribution in [0.1, 0.15) is 80.1 Å². The summed E-state index contributed by atoms with van der Waals surface area (Å²) in [5, 5.41) is 0. The van der Waals surface area contributed by atoms with Gasteiger partial charge in [0.25, 0.3) is 5.91 Å². The first kappa shape index (κ1) is 29.9. The molecule has 5 atom stereocenters. The van der Waals surface area contributed by atoms with Gasteiger partial charge in [0.2, 0.25) is 11.7 Å². The summed E-state index contributed by atoms with van der Waals surface area (Å²) in [5.74, 6) is -5.06. The number of nitrogens with zero attached hydrogens (tertiary/aromatic N) is 1. The third kappa shape index (κ3) is 6.67. The molecule has 0 unspecified atom stereocenters. The molecule has 8 nitrogen and oxygen atoms in total. The van der Waals surface area contributed by atoms with Gasteiger partial charge < -0.3 is 15.4 Å². The summed E-state index contributed by atoms with van der Waals surface area (Å²) in [6, 6.07) is -0.930. The van der Waals surface area contributed by atoms with E-state index in [-0.39, 0.29) is 42.9 Å². The van der Waals surface area contributed by atoms with Crippen LogP contribution in [-0.2, 0) is 28.7 Å². The van der Waals surface area contributed by atoms with Crippen LogP contribution in [0.2, 0.25) is 0 Å². The summed E-state index contributed by atoms with van der Waals surface area (Å²) in [6.07, 6.45) is 3.02. The van der Waals surface area contributed by atoms with Crippen molar-refractivity contribution in [1.29, 1.82) is 0 Å². The van der Waals surface area contributed by atoms with Gasteiger partial charge in [0.1, 0.15) is 9.93 Å². The first-order valence-electron chi connectivity index (χ1n) is 13.1. The molecule has 2 amide bonds. The van der Waals surface area contributed by atoms with Crippen molar-refractivity contribution >= 4 is 52.6 Å². The molecule has 37 heavy (non-hydrogen) atoms. The lowest BCUT2D eigenvalue weighted by molar-refractivity contribution is -0.161. The Morgan fingerprint density at radius 3 is 2.08 bits per heavy atom. The van der Waals surface area contributed by atoms with Gasteiger partial charge in [0.05, 0.1) is 18.4 Å². The first-order valence-corrected chi connectivity index (χ1v) is 13.9. The van der Waals surface area contributed by atoms with E-state index in [9.17, 15) is 24.0 Å². The molecule has 0 aromatic heterocycles. The minimum Gasteiger partial charge on any atom is -0.460 e. The number of fused-ring (bicyclic) bond motifs is 1. The molecule has 208 valence electrons. The molecule has 3 aliphatic rings. The zero-order valence-electron chi connectivity index (χ0n) is 22.6. The van der Waals surface area contributed by atoms with Crippen LogP contribution in [0.15, 0.2) is 0 Å². The molecule has 0 bridgehead atoms. The van der Waals surface area contributed by atoms with Gasteiger partial charge in [0, 0.05) is 30.7 Å². The molecule has 0 aromatic rings. The van der Waals surface area contributed by atoms with Crippen LogP contribution in [0.3, 0.4) is 0 Å². The number of halogens is 2.